The normalized spacial score (nSPS) is 19.3. The van der Waals surface area contributed by atoms with Crippen LogP contribution in [-0.4, -0.2) is 40.4 Å². The maximum Gasteiger partial charge on any atom is 0.326 e. The molecule has 8 nitrogen and oxygen atoms in total. The predicted molar refractivity (Wildman–Crippen MR) is 101 cm³/mol. The fourth-order valence-electron chi connectivity index (χ4n) is 3.91. The smallest absolute Gasteiger partial charge is 0.326 e. The molecule has 2 aromatic rings. The van der Waals surface area contributed by atoms with Crippen LogP contribution >= 0.6 is 0 Å². The zero-order valence-electron chi connectivity index (χ0n) is 16.0. The van der Waals surface area contributed by atoms with Crippen LogP contribution < -0.4 is 14.5 Å². The molecule has 2 aliphatic heterocycles. The third kappa shape index (κ3) is 2.57. The van der Waals surface area contributed by atoms with Gasteiger partial charge in [-0.3, -0.25) is 19.3 Å². The number of amides is 3. The van der Waals surface area contributed by atoms with Gasteiger partial charge in [-0.05, 0) is 31.2 Å². The second-order valence-electron chi connectivity index (χ2n) is 7.69. The second kappa shape index (κ2) is 6.10. The van der Waals surface area contributed by atoms with Crippen molar-refractivity contribution in [1.29, 1.82) is 0 Å². The third-order valence-electron chi connectivity index (χ3n) is 5.74. The van der Waals surface area contributed by atoms with E-state index in [1.54, 1.807) is 0 Å². The van der Waals surface area contributed by atoms with Gasteiger partial charge in [0.25, 0.3) is 17.7 Å². The van der Waals surface area contributed by atoms with Crippen molar-refractivity contribution in [2.24, 2.45) is 0 Å². The van der Waals surface area contributed by atoms with Crippen LogP contribution in [0.25, 0.3) is 0 Å². The number of nitrogens with zero attached hydrogens (tertiary/aromatic N) is 2. The Morgan fingerprint density at radius 1 is 1.06 bits per heavy atom. The summed E-state index contributed by atoms with van der Waals surface area (Å²) in [6.45, 7) is 1.29. The van der Waals surface area contributed by atoms with Gasteiger partial charge in [-0.25, -0.2) is 18.5 Å². The summed E-state index contributed by atoms with van der Waals surface area (Å²) in [5.41, 5.74) is -2.10. The average Bonchev–Trinajstić information content (AvgIpc) is 3.45. The number of imide groups is 1. The molecule has 0 saturated heterocycles. The molecule has 3 amide bonds. The molecule has 0 aromatic heterocycles. The topological polar surface area (TPSA) is 104 Å². The Bertz CT molecular complexity index is 1220. The van der Waals surface area contributed by atoms with E-state index in [-0.39, 0.29) is 22.6 Å². The lowest BCUT2D eigenvalue weighted by Crippen LogP contribution is -2.53. The number of rotatable bonds is 3. The molecule has 5 rings (SSSR count). The lowest BCUT2D eigenvalue weighted by atomic mass is 10.1. The summed E-state index contributed by atoms with van der Waals surface area (Å²) in [6.07, 6.45) is 0.725. The van der Waals surface area contributed by atoms with Crippen molar-refractivity contribution >= 4 is 35.1 Å². The molecule has 1 atom stereocenters. The summed E-state index contributed by atoms with van der Waals surface area (Å²) in [5.74, 6) is -5.45. The number of fused-ring (bicyclic) bond motifs is 2. The lowest BCUT2D eigenvalue weighted by molar-refractivity contribution is -0.141. The average molecular weight is 428 g/mol. The summed E-state index contributed by atoms with van der Waals surface area (Å²) in [7, 11) is 0. The maximum absolute atomic E-state index is 15.0. The number of carbonyl (C=O) groups is 4. The van der Waals surface area contributed by atoms with E-state index in [1.807, 2.05) is 0 Å². The standard InChI is InChI=1S/C21H14F2N2O6/c1-9(19(28)29)24-15-8-14(13(23)7-16(15)31-21(4-5-21)20(24)30)25-17(26)11-3-2-10(22)6-12(11)18(25)27/h2-3,6-9H,4-5H2,1H3,(H,28,29)/t9-/m0/s1. The molecule has 0 unspecified atom stereocenters. The third-order valence-corrected chi connectivity index (χ3v) is 5.74. The minimum atomic E-state index is -1.30. The number of hydrogen-bond donors (Lipinski definition) is 1. The summed E-state index contributed by atoms with van der Waals surface area (Å²) in [6, 6.07) is 3.67. The fraction of sp³-hybridized carbons (Fsp3) is 0.238. The summed E-state index contributed by atoms with van der Waals surface area (Å²) < 4.78 is 34.2. The number of ether oxygens (including phenoxy) is 1. The van der Waals surface area contributed by atoms with Gasteiger partial charge >= 0.3 is 5.97 Å². The highest BCUT2D eigenvalue weighted by Crippen LogP contribution is 2.51. The number of hydrogen-bond acceptors (Lipinski definition) is 5. The van der Waals surface area contributed by atoms with E-state index in [2.05, 4.69) is 0 Å². The van der Waals surface area contributed by atoms with E-state index >= 15 is 4.39 Å². The van der Waals surface area contributed by atoms with Crippen molar-refractivity contribution in [3.05, 3.63) is 53.1 Å². The summed E-state index contributed by atoms with van der Waals surface area (Å²) in [4.78, 5) is 51.6. The molecule has 158 valence electrons. The molecule has 1 fully saturated rings. The van der Waals surface area contributed by atoms with Gasteiger partial charge in [-0.2, -0.15) is 0 Å². The number of anilines is 2. The quantitative estimate of drug-likeness (QED) is 0.754. The first-order valence-electron chi connectivity index (χ1n) is 9.42. The first-order valence-corrected chi connectivity index (χ1v) is 9.42. The van der Waals surface area contributed by atoms with Crippen LogP contribution in [-0.2, 0) is 9.59 Å². The van der Waals surface area contributed by atoms with Crippen molar-refractivity contribution in [1.82, 2.24) is 0 Å². The van der Waals surface area contributed by atoms with Crippen molar-refractivity contribution < 1.29 is 37.8 Å². The van der Waals surface area contributed by atoms with E-state index in [9.17, 15) is 28.7 Å². The largest absolute Gasteiger partial charge is 0.480 e. The summed E-state index contributed by atoms with van der Waals surface area (Å²) >= 11 is 0. The zero-order chi connectivity index (χ0) is 22.2. The molecule has 0 bridgehead atoms. The minimum Gasteiger partial charge on any atom is -0.480 e. The Labute approximate surface area is 173 Å². The van der Waals surface area contributed by atoms with Crippen LogP contribution in [0.2, 0.25) is 0 Å². The van der Waals surface area contributed by atoms with Gasteiger partial charge in [0.1, 0.15) is 17.6 Å². The van der Waals surface area contributed by atoms with Crippen LogP contribution in [0.15, 0.2) is 30.3 Å². The van der Waals surface area contributed by atoms with Crippen molar-refractivity contribution in [3.63, 3.8) is 0 Å². The number of carboxylic acid groups (broad SMARTS) is 1. The van der Waals surface area contributed by atoms with Crippen LogP contribution in [0.1, 0.15) is 40.5 Å². The van der Waals surface area contributed by atoms with E-state index < -0.39 is 52.7 Å². The summed E-state index contributed by atoms with van der Waals surface area (Å²) in [5, 5.41) is 9.47. The van der Waals surface area contributed by atoms with Crippen molar-refractivity contribution in [2.75, 3.05) is 9.80 Å². The van der Waals surface area contributed by atoms with E-state index in [1.165, 1.54) is 6.92 Å². The molecule has 31 heavy (non-hydrogen) atoms. The number of carbonyl (C=O) groups excluding carboxylic acids is 3. The molecule has 1 spiro atoms. The van der Waals surface area contributed by atoms with Gasteiger partial charge in [0.15, 0.2) is 11.4 Å². The molecular weight excluding hydrogens is 414 g/mol. The highest BCUT2D eigenvalue weighted by Gasteiger charge is 2.59. The second-order valence-corrected chi connectivity index (χ2v) is 7.69. The maximum atomic E-state index is 15.0. The number of halogens is 2. The molecule has 1 aliphatic carbocycles. The van der Waals surface area contributed by atoms with Gasteiger partial charge in [-0.15, -0.1) is 0 Å². The fourth-order valence-corrected chi connectivity index (χ4v) is 3.91. The van der Waals surface area contributed by atoms with Gasteiger partial charge in [0.2, 0.25) is 0 Å². The SMILES string of the molecule is C[C@@H](C(=O)O)N1C(=O)C2(CC2)Oc2cc(F)c(N3C(=O)c4ccc(F)cc4C3=O)cc21. The number of aliphatic carboxylic acids is 1. The number of carboxylic acids is 1. The first-order chi connectivity index (χ1) is 14.6. The Morgan fingerprint density at radius 3 is 2.39 bits per heavy atom. The Hall–Kier alpha value is -3.82. The molecule has 2 aromatic carbocycles. The van der Waals surface area contributed by atoms with Crippen molar-refractivity contribution in [3.8, 4) is 5.75 Å². The Kier molecular flexibility index (Phi) is 3.77. The van der Waals surface area contributed by atoms with Gasteiger partial charge in [0.05, 0.1) is 22.5 Å². The Morgan fingerprint density at radius 2 is 1.74 bits per heavy atom. The molecule has 1 saturated carbocycles. The predicted octanol–water partition coefficient (Wildman–Crippen LogP) is 2.50. The van der Waals surface area contributed by atoms with E-state index in [0.29, 0.717) is 17.7 Å². The molecule has 3 aliphatic rings. The van der Waals surface area contributed by atoms with Crippen molar-refractivity contribution in [2.45, 2.75) is 31.4 Å². The van der Waals surface area contributed by atoms with E-state index in [0.717, 1.165) is 35.2 Å². The number of benzene rings is 2. The van der Waals surface area contributed by atoms with Gasteiger partial charge in [0, 0.05) is 18.9 Å². The van der Waals surface area contributed by atoms with Gasteiger partial charge in [-0.1, -0.05) is 0 Å². The Balaban J connectivity index is 1.65. The lowest BCUT2D eigenvalue weighted by Gasteiger charge is -2.37. The molecular formula is C21H14F2N2O6. The molecule has 0 radical (unpaired) electrons. The van der Waals surface area contributed by atoms with E-state index in [4.69, 9.17) is 4.74 Å². The zero-order valence-corrected chi connectivity index (χ0v) is 16.0. The van der Waals surface area contributed by atoms with Crippen LogP contribution in [0.5, 0.6) is 5.75 Å². The highest BCUT2D eigenvalue weighted by molar-refractivity contribution is 6.34. The molecule has 1 N–H and O–H groups in total. The highest BCUT2D eigenvalue weighted by atomic mass is 19.1. The van der Waals surface area contributed by atoms with Crippen LogP contribution in [0, 0.1) is 11.6 Å². The van der Waals surface area contributed by atoms with Crippen LogP contribution in [0.3, 0.4) is 0 Å². The first kappa shape index (κ1) is 19.2. The van der Waals surface area contributed by atoms with Gasteiger partial charge < -0.3 is 9.84 Å². The monoisotopic (exact) mass is 428 g/mol. The van der Waals surface area contributed by atoms with Crippen LogP contribution in [0.4, 0.5) is 20.2 Å². The minimum absolute atomic E-state index is 0.0610. The molecule has 10 heteroatoms. The molecule has 2 heterocycles.